The zero-order valence-corrected chi connectivity index (χ0v) is 8.23. The SMILES string of the molecule is C#CC1(c2ccc3ccccc3c2)CO1. The summed E-state index contributed by atoms with van der Waals surface area (Å²) in [7, 11) is 0. The zero-order valence-electron chi connectivity index (χ0n) is 8.23. The standard InChI is InChI=1S/C14H10O/c1-2-14(10-15-14)13-8-7-11-5-3-4-6-12(11)9-13/h1,3-9H,10H2. The zero-order chi connectivity index (χ0) is 10.3. The van der Waals surface area contributed by atoms with Crippen molar-refractivity contribution >= 4 is 10.8 Å². The maximum Gasteiger partial charge on any atom is 0.177 e. The Hall–Kier alpha value is -1.78. The van der Waals surface area contributed by atoms with Gasteiger partial charge in [0, 0.05) is 0 Å². The van der Waals surface area contributed by atoms with E-state index in [0.717, 1.165) is 5.56 Å². The van der Waals surface area contributed by atoms with Gasteiger partial charge < -0.3 is 4.74 Å². The summed E-state index contributed by atoms with van der Waals surface area (Å²) in [5, 5.41) is 2.44. The fraction of sp³-hybridized carbons (Fsp3) is 0.143. The normalized spacial score (nSPS) is 23.7. The molecule has 0 aromatic heterocycles. The number of epoxide rings is 1. The van der Waals surface area contributed by atoms with E-state index in [4.69, 9.17) is 11.2 Å². The van der Waals surface area contributed by atoms with Crippen molar-refractivity contribution in [1.82, 2.24) is 0 Å². The summed E-state index contributed by atoms with van der Waals surface area (Å²) in [6.45, 7) is 0.641. The summed E-state index contributed by atoms with van der Waals surface area (Å²) < 4.78 is 5.34. The lowest BCUT2D eigenvalue weighted by Gasteiger charge is -2.06. The van der Waals surface area contributed by atoms with Gasteiger partial charge in [-0.1, -0.05) is 42.3 Å². The molecule has 15 heavy (non-hydrogen) atoms. The molecule has 1 atom stereocenters. The van der Waals surface area contributed by atoms with Crippen LogP contribution in [-0.2, 0) is 10.3 Å². The number of benzene rings is 2. The average molecular weight is 194 g/mol. The Bertz CT molecular complexity index is 559. The second-order valence-electron chi connectivity index (χ2n) is 3.82. The molecule has 2 aromatic carbocycles. The van der Waals surface area contributed by atoms with Gasteiger partial charge in [-0.25, -0.2) is 0 Å². The van der Waals surface area contributed by atoms with Crippen molar-refractivity contribution in [3.05, 3.63) is 48.0 Å². The van der Waals surface area contributed by atoms with Gasteiger partial charge >= 0.3 is 0 Å². The van der Waals surface area contributed by atoms with Crippen molar-refractivity contribution in [2.24, 2.45) is 0 Å². The van der Waals surface area contributed by atoms with Crippen LogP contribution < -0.4 is 0 Å². The van der Waals surface area contributed by atoms with Crippen LogP contribution in [0.4, 0.5) is 0 Å². The first kappa shape index (κ1) is 8.52. The molecule has 0 spiro atoms. The van der Waals surface area contributed by atoms with Gasteiger partial charge in [0.15, 0.2) is 5.60 Å². The Balaban J connectivity index is 2.19. The molecule has 1 aliphatic heterocycles. The largest absolute Gasteiger partial charge is 0.351 e. The molecule has 1 aliphatic rings. The highest BCUT2D eigenvalue weighted by atomic mass is 16.6. The molecule has 0 amide bonds. The van der Waals surface area contributed by atoms with E-state index in [1.54, 1.807) is 0 Å². The van der Waals surface area contributed by atoms with E-state index in [-0.39, 0.29) is 0 Å². The van der Waals surface area contributed by atoms with Crippen molar-refractivity contribution in [3.63, 3.8) is 0 Å². The van der Waals surface area contributed by atoms with E-state index in [9.17, 15) is 0 Å². The Kier molecular flexibility index (Phi) is 1.62. The number of hydrogen-bond acceptors (Lipinski definition) is 1. The van der Waals surface area contributed by atoms with Gasteiger partial charge in [-0.15, -0.1) is 6.42 Å². The molecule has 1 unspecified atom stereocenters. The molecule has 0 N–H and O–H groups in total. The molecule has 1 fully saturated rings. The van der Waals surface area contributed by atoms with Gasteiger partial charge in [0.25, 0.3) is 0 Å². The highest BCUT2D eigenvalue weighted by Gasteiger charge is 2.44. The van der Waals surface area contributed by atoms with Gasteiger partial charge in [0.2, 0.25) is 0 Å². The van der Waals surface area contributed by atoms with E-state index in [1.807, 2.05) is 12.1 Å². The van der Waals surface area contributed by atoms with Crippen LogP contribution in [0.25, 0.3) is 10.8 Å². The first-order valence-corrected chi connectivity index (χ1v) is 4.95. The fourth-order valence-corrected chi connectivity index (χ4v) is 1.85. The lowest BCUT2D eigenvalue weighted by Crippen LogP contribution is -2.04. The predicted octanol–water partition coefficient (Wildman–Crippen LogP) is 2.70. The predicted molar refractivity (Wildman–Crippen MR) is 60.4 cm³/mol. The molecule has 72 valence electrons. The number of ether oxygens (including phenoxy) is 1. The van der Waals surface area contributed by atoms with Gasteiger partial charge in [-0.05, 0) is 22.4 Å². The van der Waals surface area contributed by atoms with E-state index in [0.29, 0.717) is 6.61 Å². The van der Waals surface area contributed by atoms with Crippen molar-refractivity contribution in [2.45, 2.75) is 5.60 Å². The maximum absolute atomic E-state index is 5.47. The third-order valence-electron chi connectivity index (χ3n) is 2.88. The minimum Gasteiger partial charge on any atom is -0.351 e. The Morgan fingerprint density at radius 1 is 1.13 bits per heavy atom. The lowest BCUT2D eigenvalue weighted by atomic mass is 9.97. The van der Waals surface area contributed by atoms with E-state index < -0.39 is 5.60 Å². The Morgan fingerprint density at radius 2 is 1.87 bits per heavy atom. The Morgan fingerprint density at radius 3 is 2.53 bits per heavy atom. The second-order valence-corrected chi connectivity index (χ2v) is 3.82. The number of rotatable bonds is 1. The lowest BCUT2D eigenvalue weighted by molar-refractivity contribution is 0.366. The highest BCUT2D eigenvalue weighted by molar-refractivity contribution is 5.83. The molecule has 1 nitrogen and oxygen atoms in total. The first-order chi connectivity index (χ1) is 7.34. The third-order valence-corrected chi connectivity index (χ3v) is 2.88. The molecule has 0 saturated carbocycles. The van der Waals surface area contributed by atoms with Crippen LogP contribution in [0.15, 0.2) is 42.5 Å². The van der Waals surface area contributed by atoms with Gasteiger partial charge in [-0.2, -0.15) is 0 Å². The molecule has 0 aliphatic carbocycles. The second kappa shape index (κ2) is 2.85. The molecular weight excluding hydrogens is 184 g/mol. The van der Waals surface area contributed by atoms with Gasteiger partial charge in [0.05, 0.1) is 6.61 Å². The molecular formula is C14H10O. The van der Waals surface area contributed by atoms with Crippen LogP contribution >= 0.6 is 0 Å². The molecule has 1 heteroatoms. The van der Waals surface area contributed by atoms with Gasteiger partial charge in [0.1, 0.15) is 0 Å². The van der Waals surface area contributed by atoms with E-state index >= 15 is 0 Å². The van der Waals surface area contributed by atoms with Crippen molar-refractivity contribution in [1.29, 1.82) is 0 Å². The molecule has 1 saturated heterocycles. The molecule has 0 bridgehead atoms. The van der Waals surface area contributed by atoms with Crippen LogP contribution in [0.5, 0.6) is 0 Å². The minimum absolute atomic E-state index is 0.440. The molecule has 3 rings (SSSR count). The summed E-state index contributed by atoms with van der Waals surface area (Å²) in [6.07, 6.45) is 5.47. The summed E-state index contributed by atoms with van der Waals surface area (Å²) in [4.78, 5) is 0. The summed E-state index contributed by atoms with van der Waals surface area (Å²) in [6, 6.07) is 14.5. The maximum atomic E-state index is 5.47. The highest BCUT2D eigenvalue weighted by Crippen LogP contribution is 2.38. The number of hydrogen-bond donors (Lipinski definition) is 0. The summed E-state index contributed by atoms with van der Waals surface area (Å²) in [5.41, 5.74) is 0.646. The summed E-state index contributed by atoms with van der Waals surface area (Å²) in [5.74, 6) is 2.71. The van der Waals surface area contributed by atoms with Crippen molar-refractivity contribution in [3.8, 4) is 12.3 Å². The summed E-state index contributed by atoms with van der Waals surface area (Å²) >= 11 is 0. The minimum atomic E-state index is -0.440. The van der Waals surface area contributed by atoms with Crippen LogP contribution in [0, 0.1) is 12.3 Å². The molecule has 2 aromatic rings. The average Bonchev–Trinajstić information content (AvgIpc) is 3.09. The van der Waals surface area contributed by atoms with Crippen molar-refractivity contribution < 1.29 is 4.74 Å². The van der Waals surface area contributed by atoms with E-state index in [2.05, 4.69) is 36.3 Å². The fourth-order valence-electron chi connectivity index (χ4n) is 1.85. The van der Waals surface area contributed by atoms with Crippen molar-refractivity contribution in [2.75, 3.05) is 6.61 Å². The van der Waals surface area contributed by atoms with Gasteiger partial charge in [-0.3, -0.25) is 0 Å². The first-order valence-electron chi connectivity index (χ1n) is 4.95. The van der Waals surface area contributed by atoms with Crippen LogP contribution in [0.3, 0.4) is 0 Å². The molecule has 0 radical (unpaired) electrons. The molecule has 1 heterocycles. The van der Waals surface area contributed by atoms with Crippen LogP contribution in [-0.4, -0.2) is 6.61 Å². The quantitative estimate of drug-likeness (QED) is 0.502. The Labute approximate surface area is 88.7 Å². The smallest absolute Gasteiger partial charge is 0.177 e. The number of terminal acetylenes is 1. The number of fused-ring (bicyclic) bond motifs is 1. The topological polar surface area (TPSA) is 12.5 Å². The van der Waals surface area contributed by atoms with E-state index in [1.165, 1.54) is 10.8 Å². The monoisotopic (exact) mass is 194 g/mol. The van der Waals surface area contributed by atoms with Crippen LogP contribution in [0.2, 0.25) is 0 Å². The third kappa shape index (κ3) is 1.23. The van der Waals surface area contributed by atoms with Crippen LogP contribution in [0.1, 0.15) is 5.56 Å².